The Morgan fingerprint density at radius 1 is 0.945 bits per heavy atom. The van der Waals surface area contributed by atoms with E-state index in [1.807, 2.05) is 54.7 Å². The number of hydrogen-bond acceptors (Lipinski definition) is 8. The number of H-pyrrole nitrogens is 1. The highest BCUT2D eigenvalue weighted by atomic mass is 35.5. The van der Waals surface area contributed by atoms with Gasteiger partial charge in [0, 0.05) is 36.0 Å². The number of carbonyl (C=O) groups is 3. The molecule has 274 valence electrons. The molecule has 0 radical (unpaired) electrons. The van der Waals surface area contributed by atoms with Gasteiger partial charge in [0.2, 0.25) is 17.7 Å². The summed E-state index contributed by atoms with van der Waals surface area (Å²) in [6, 6.07) is 17.6. The second-order valence-electron chi connectivity index (χ2n) is 14.4. The minimum absolute atomic E-state index is 0.0538. The summed E-state index contributed by atoms with van der Waals surface area (Å²) >= 11 is 12.3. The van der Waals surface area contributed by atoms with Crippen LogP contribution in [0.4, 0.5) is 16.0 Å². The number of halogens is 3. The van der Waals surface area contributed by atoms with Gasteiger partial charge in [-0.05, 0) is 74.1 Å². The lowest BCUT2D eigenvalue weighted by atomic mass is 9.90. The minimum Gasteiger partial charge on any atom is -0.346 e. The monoisotopic (exact) mass is 774 g/mol. The van der Waals surface area contributed by atoms with Crippen molar-refractivity contribution in [2.45, 2.75) is 55.6 Å². The molecule has 2 aliphatic carbocycles. The Balaban J connectivity index is 1.03. The van der Waals surface area contributed by atoms with Crippen LogP contribution in [0.25, 0.3) is 22.2 Å². The van der Waals surface area contributed by atoms with Crippen molar-refractivity contribution >= 4 is 63.6 Å². The fraction of sp³-hybridized carbons (Fsp3) is 0.231. The van der Waals surface area contributed by atoms with E-state index in [-0.39, 0.29) is 45.5 Å². The molecule has 3 amide bonds. The molecule has 0 bridgehead atoms. The van der Waals surface area contributed by atoms with E-state index in [1.165, 1.54) is 23.2 Å². The van der Waals surface area contributed by atoms with E-state index in [9.17, 15) is 18.8 Å². The van der Waals surface area contributed by atoms with Crippen molar-refractivity contribution in [2.75, 3.05) is 4.90 Å². The van der Waals surface area contributed by atoms with Gasteiger partial charge in [-0.25, -0.2) is 29.2 Å². The quantitative estimate of drug-likeness (QED) is 0.145. The van der Waals surface area contributed by atoms with Crippen molar-refractivity contribution in [3.05, 3.63) is 118 Å². The lowest BCUT2D eigenvalue weighted by Crippen LogP contribution is -2.52. The molecule has 2 aromatic carbocycles. The van der Waals surface area contributed by atoms with Gasteiger partial charge >= 0.3 is 0 Å². The van der Waals surface area contributed by atoms with Gasteiger partial charge in [0.15, 0.2) is 5.82 Å². The number of nitriles is 1. The van der Waals surface area contributed by atoms with E-state index in [0.29, 0.717) is 31.2 Å². The number of benzene rings is 2. The zero-order valence-corrected chi connectivity index (χ0v) is 30.5. The standard InChI is InChI=1S/C39H29Cl2FN10O3/c1-37(16-21-2-4-22(5-3-21)24-18-45-30(17-43)46-19-24)35(55)51(25-14-26(40)31(42)27(41)15-25)36-47-20-28(52(36)37)33(53)49-39(11-12-39)34(54)50-38(9-10-38)29-7-6-23-8-13-44-32(23)48-29/h2-8,13-15,18-20H,9-12,16H2,1H3,(H,44,48)(H,49,53)(H,50,54)/t37-/m1/s1. The van der Waals surface area contributed by atoms with Gasteiger partial charge in [-0.3, -0.25) is 19.0 Å². The molecule has 5 heterocycles. The number of rotatable bonds is 9. The molecule has 9 rings (SSSR count). The summed E-state index contributed by atoms with van der Waals surface area (Å²) in [7, 11) is 0. The van der Waals surface area contributed by atoms with Crippen molar-refractivity contribution in [3.63, 3.8) is 0 Å². The summed E-state index contributed by atoms with van der Waals surface area (Å²) in [6.45, 7) is 1.69. The number of hydrogen-bond donors (Lipinski definition) is 3. The lowest BCUT2D eigenvalue weighted by Gasteiger charge is -2.27. The maximum Gasteiger partial charge on any atom is 0.270 e. The van der Waals surface area contributed by atoms with Gasteiger partial charge in [-0.1, -0.05) is 47.5 Å². The maximum atomic E-state index is 14.6. The van der Waals surface area contributed by atoms with Crippen LogP contribution in [0.1, 0.15) is 60.2 Å². The number of aromatic nitrogens is 6. The smallest absolute Gasteiger partial charge is 0.270 e. The molecule has 16 heteroatoms. The number of fused-ring (bicyclic) bond motifs is 2. The second-order valence-corrected chi connectivity index (χ2v) is 15.2. The van der Waals surface area contributed by atoms with E-state index in [2.05, 4.69) is 30.6 Å². The topological polar surface area (TPSA) is 175 Å². The van der Waals surface area contributed by atoms with Crippen molar-refractivity contribution < 1.29 is 18.8 Å². The SMILES string of the molecule is C[C@@]1(Cc2ccc(-c3cnc(C#N)nc3)cc2)C(=O)N(c2cc(Cl)c(F)c(Cl)c2)c2ncc(C(=O)NC3(C(=O)NC4(c5ccc6cc[nH]c6n5)CC4)CC3)n21. The van der Waals surface area contributed by atoms with Crippen LogP contribution in [0.2, 0.25) is 10.0 Å². The summed E-state index contributed by atoms with van der Waals surface area (Å²) in [5.74, 6) is -2.04. The number of imidazole rings is 1. The molecular weight excluding hydrogens is 746 g/mol. The predicted octanol–water partition coefficient (Wildman–Crippen LogP) is 6.24. The summed E-state index contributed by atoms with van der Waals surface area (Å²) in [4.78, 5) is 64.5. The van der Waals surface area contributed by atoms with E-state index in [1.54, 1.807) is 23.9 Å². The average Bonchev–Trinajstić information content (AvgIpc) is 4.02. The fourth-order valence-corrected chi connectivity index (χ4v) is 7.77. The molecule has 1 aliphatic heterocycles. The third-order valence-corrected chi connectivity index (χ3v) is 11.2. The zero-order chi connectivity index (χ0) is 38.3. The van der Waals surface area contributed by atoms with Crippen molar-refractivity contribution in [2.24, 2.45) is 0 Å². The molecule has 6 aromatic rings. The summed E-state index contributed by atoms with van der Waals surface area (Å²) in [6.07, 6.45) is 8.68. The number of nitrogens with one attached hydrogen (secondary N) is 3. The number of pyridine rings is 1. The Hall–Kier alpha value is -6.17. The van der Waals surface area contributed by atoms with Crippen LogP contribution in [0.3, 0.4) is 0 Å². The fourth-order valence-electron chi connectivity index (χ4n) is 7.30. The minimum atomic E-state index is -1.43. The molecule has 2 fully saturated rings. The van der Waals surface area contributed by atoms with Crippen molar-refractivity contribution in [1.29, 1.82) is 5.26 Å². The first-order valence-corrected chi connectivity index (χ1v) is 18.2. The Bertz CT molecular complexity index is 2600. The summed E-state index contributed by atoms with van der Waals surface area (Å²) < 4.78 is 16.1. The van der Waals surface area contributed by atoms with Gasteiger partial charge in [0.1, 0.15) is 28.5 Å². The second kappa shape index (κ2) is 12.4. The van der Waals surface area contributed by atoms with E-state index < -0.39 is 34.2 Å². The maximum absolute atomic E-state index is 14.6. The molecule has 13 nitrogen and oxygen atoms in total. The van der Waals surface area contributed by atoms with Gasteiger partial charge in [0.05, 0.1) is 33.2 Å². The number of aromatic amines is 1. The Morgan fingerprint density at radius 2 is 1.65 bits per heavy atom. The van der Waals surface area contributed by atoms with E-state index in [0.717, 1.165) is 27.9 Å². The largest absolute Gasteiger partial charge is 0.346 e. The van der Waals surface area contributed by atoms with Gasteiger partial charge < -0.3 is 15.6 Å². The highest BCUT2D eigenvalue weighted by Crippen LogP contribution is 2.48. The third kappa shape index (κ3) is 5.69. The highest BCUT2D eigenvalue weighted by molar-refractivity contribution is 6.35. The third-order valence-electron chi connectivity index (χ3n) is 10.7. The Kier molecular flexibility index (Phi) is 7.82. The van der Waals surface area contributed by atoms with E-state index >= 15 is 0 Å². The molecule has 4 aromatic heterocycles. The highest BCUT2D eigenvalue weighted by Gasteiger charge is 2.57. The van der Waals surface area contributed by atoms with Crippen LogP contribution in [0, 0.1) is 17.1 Å². The molecule has 1 atom stereocenters. The number of nitrogens with zero attached hydrogens (tertiary/aromatic N) is 7. The molecular formula is C39H29Cl2FN10O3. The zero-order valence-electron chi connectivity index (χ0n) is 29.0. The molecule has 3 N–H and O–H groups in total. The van der Waals surface area contributed by atoms with Gasteiger partial charge in [-0.2, -0.15) is 5.26 Å². The van der Waals surface area contributed by atoms with Gasteiger partial charge in [0.25, 0.3) is 11.8 Å². The first-order chi connectivity index (χ1) is 26.4. The van der Waals surface area contributed by atoms with E-state index in [4.69, 9.17) is 33.4 Å². The van der Waals surface area contributed by atoms with Crippen LogP contribution in [-0.4, -0.2) is 52.7 Å². The first-order valence-electron chi connectivity index (χ1n) is 17.4. The Labute approximate surface area is 322 Å². The molecule has 2 saturated carbocycles. The average molecular weight is 776 g/mol. The van der Waals surface area contributed by atoms with Crippen LogP contribution in [0.15, 0.2) is 79.4 Å². The van der Waals surface area contributed by atoms with Crippen molar-refractivity contribution in [3.8, 4) is 17.2 Å². The lowest BCUT2D eigenvalue weighted by molar-refractivity contribution is -0.125. The first kappa shape index (κ1) is 34.6. The number of amides is 3. The predicted molar refractivity (Wildman–Crippen MR) is 200 cm³/mol. The van der Waals surface area contributed by atoms with Crippen LogP contribution < -0.4 is 15.5 Å². The molecule has 0 spiro atoms. The molecule has 55 heavy (non-hydrogen) atoms. The molecule has 0 saturated heterocycles. The van der Waals surface area contributed by atoms with Crippen LogP contribution in [0.5, 0.6) is 0 Å². The Morgan fingerprint density at radius 3 is 2.31 bits per heavy atom. The van der Waals surface area contributed by atoms with Crippen LogP contribution in [-0.2, 0) is 27.1 Å². The van der Waals surface area contributed by atoms with Gasteiger partial charge in [-0.15, -0.1) is 0 Å². The number of anilines is 2. The van der Waals surface area contributed by atoms with Crippen LogP contribution >= 0.6 is 23.2 Å². The molecule has 3 aliphatic rings. The normalized spacial score (nSPS) is 18.8. The van der Waals surface area contributed by atoms with Crippen molar-refractivity contribution in [1.82, 2.24) is 40.1 Å². The molecule has 0 unspecified atom stereocenters. The summed E-state index contributed by atoms with van der Waals surface area (Å²) in [5.41, 5.74) is 0.729. The number of carbonyl (C=O) groups excluding carboxylic acids is 3. The summed E-state index contributed by atoms with van der Waals surface area (Å²) in [5, 5.41) is 15.6.